The van der Waals surface area contributed by atoms with E-state index in [1.165, 1.54) is 9.71 Å². The SMILES string of the molecule is CC(C(=O)Nc1ccc2c(c1)OCO2)N1CCN(S(=O)(=O)C=Cc2ccccc2)CC1. The Morgan fingerprint density at radius 1 is 1.03 bits per heavy atom. The third kappa shape index (κ3) is 5.07. The third-order valence-electron chi connectivity index (χ3n) is 5.43. The molecule has 0 saturated carbocycles. The topological polar surface area (TPSA) is 88.2 Å². The van der Waals surface area contributed by atoms with Crippen LogP contribution in [0.15, 0.2) is 53.9 Å². The Morgan fingerprint density at radius 3 is 2.48 bits per heavy atom. The van der Waals surface area contributed by atoms with Crippen LogP contribution in [0.3, 0.4) is 0 Å². The lowest BCUT2D eigenvalue weighted by atomic mass is 10.2. The number of carbonyl (C=O) groups excluding carboxylic acids is 1. The van der Waals surface area contributed by atoms with Crippen molar-refractivity contribution >= 4 is 27.7 Å². The fraction of sp³-hybridized carbons (Fsp3) is 0.318. The summed E-state index contributed by atoms with van der Waals surface area (Å²) >= 11 is 0. The minimum atomic E-state index is -3.51. The van der Waals surface area contributed by atoms with Crippen LogP contribution in [0.4, 0.5) is 5.69 Å². The third-order valence-corrected chi connectivity index (χ3v) is 7.00. The molecule has 1 unspecified atom stereocenters. The summed E-state index contributed by atoms with van der Waals surface area (Å²) in [4.78, 5) is 14.7. The Morgan fingerprint density at radius 2 is 1.74 bits per heavy atom. The maximum atomic E-state index is 12.7. The number of benzene rings is 2. The highest BCUT2D eigenvalue weighted by atomic mass is 32.2. The molecule has 0 aromatic heterocycles. The van der Waals surface area contributed by atoms with Crippen molar-refractivity contribution < 1.29 is 22.7 Å². The number of carbonyl (C=O) groups is 1. The summed E-state index contributed by atoms with van der Waals surface area (Å²) in [5, 5.41) is 4.13. The Bertz CT molecular complexity index is 1060. The maximum Gasteiger partial charge on any atom is 0.241 e. The lowest BCUT2D eigenvalue weighted by Gasteiger charge is -2.36. The molecule has 1 saturated heterocycles. The van der Waals surface area contributed by atoms with Gasteiger partial charge in [0, 0.05) is 43.3 Å². The fourth-order valence-corrected chi connectivity index (χ4v) is 4.72. The summed E-state index contributed by atoms with van der Waals surface area (Å²) in [6, 6.07) is 14.2. The van der Waals surface area contributed by atoms with Crippen molar-refractivity contribution in [3.8, 4) is 11.5 Å². The van der Waals surface area contributed by atoms with Crippen molar-refractivity contribution in [2.24, 2.45) is 0 Å². The summed E-state index contributed by atoms with van der Waals surface area (Å²) in [5.41, 5.74) is 1.46. The van der Waals surface area contributed by atoms with Crippen LogP contribution >= 0.6 is 0 Å². The van der Waals surface area contributed by atoms with Gasteiger partial charge in [-0.25, -0.2) is 8.42 Å². The van der Waals surface area contributed by atoms with Crippen LogP contribution in [0.1, 0.15) is 12.5 Å². The van der Waals surface area contributed by atoms with Gasteiger partial charge >= 0.3 is 0 Å². The average molecular weight is 444 g/mol. The smallest absolute Gasteiger partial charge is 0.241 e. The van der Waals surface area contributed by atoms with Gasteiger partial charge in [0.15, 0.2) is 11.5 Å². The van der Waals surface area contributed by atoms with Gasteiger partial charge in [0.25, 0.3) is 0 Å². The van der Waals surface area contributed by atoms with Crippen LogP contribution in [-0.2, 0) is 14.8 Å². The van der Waals surface area contributed by atoms with Gasteiger partial charge in [0.05, 0.1) is 6.04 Å². The summed E-state index contributed by atoms with van der Waals surface area (Å²) in [7, 11) is -3.51. The first-order valence-corrected chi connectivity index (χ1v) is 11.6. The molecule has 2 aliphatic rings. The van der Waals surface area contributed by atoms with E-state index in [0.29, 0.717) is 43.4 Å². The van der Waals surface area contributed by atoms with Crippen LogP contribution < -0.4 is 14.8 Å². The van der Waals surface area contributed by atoms with Crippen molar-refractivity contribution in [1.29, 1.82) is 0 Å². The number of nitrogens with zero attached hydrogens (tertiary/aromatic N) is 2. The van der Waals surface area contributed by atoms with Crippen LogP contribution in [0.5, 0.6) is 11.5 Å². The standard InChI is InChI=1S/C22H25N3O5S/c1-17(22(26)23-19-7-8-20-21(15-19)30-16-29-20)24-10-12-25(13-11-24)31(27,28)14-9-18-5-3-2-4-6-18/h2-9,14-15,17H,10-13,16H2,1H3,(H,23,26). The zero-order chi connectivity index (χ0) is 21.8. The highest BCUT2D eigenvalue weighted by Gasteiger charge is 2.30. The van der Waals surface area contributed by atoms with Gasteiger partial charge in [-0.15, -0.1) is 0 Å². The molecule has 4 rings (SSSR count). The predicted octanol–water partition coefficient (Wildman–Crippen LogP) is 2.36. The number of hydrogen-bond donors (Lipinski definition) is 1. The van der Waals surface area contributed by atoms with Gasteiger partial charge in [-0.3, -0.25) is 9.69 Å². The minimum absolute atomic E-state index is 0.154. The zero-order valence-corrected chi connectivity index (χ0v) is 18.0. The Balaban J connectivity index is 1.31. The fourth-order valence-electron chi connectivity index (χ4n) is 3.55. The molecule has 2 aliphatic heterocycles. The number of hydrogen-bond acceptors (Lipinski definition) is 6. The van der Waals surface area contributed by atoms with Gasteiger partial charge in [-0.1, -0.05) is 30.3 Å². The van der Waals surface area contributed by atoms with E-state index in [1.54, 1.807) is 24.3 Å². The Kier molecular flexibility index (Phi) is 6.26. The lowest BCUT2D eigenvalue weighted by Crippen LogP contribution is -2.53. The van der Waals surface area contributed by atoms with E-state index in [1.807, 2.05) is 42.2 Å². The number of nitrogens with one attached hydrogen (secondary N) is 1. The molecular weight excluding hydrogens is 418 g/mol. The second-order valence-corrected chi connectivity index (χ2v) is 9.25. The number of fused-ring (bicyclic) bond motifs is 1. The second-order valence-electron chi connectivity index (χ2n) is 7.43. The molecule has 2 heterocycles. The summed E-state index contributed by atoms with van der Waals surface area (Å²) < 4.78 is 37.3. The monoisotopic (exact) mass is 443 g/mol. The van der Waals surface area contributed by atoms with E-state index in [9.17, 15) is 13.2 Å². The molecule has 1 amide bonds. The first kappa shape index (κ1) is 21.4. The number of ether oxygens (including phenoxy) is 2. The molecule has 2 aromatic rings. The van der Waals surface area contributed by atoms with E-state index in [0.717, 1.165) is 5.56 Å². The van der Waals surface area contributed by atoms with Crippen LogP contribution in [-0.4, -0.2) is 62.5 Å². The molecule has 8 nitrogen and oxygen atoms in total. The molecule has 0 aliphatic carbocycles. The van der Waals surface area contributed by atoms with Gasteiger partial charge in [0.1, 0.15) is 0 Å². The van der Waals surface area contributed by atoms with Crippen LogP contribution in [0.25, 0.3) is 6.08 Å². The molecule has 1 fully saturated rings. The van der Waals surface area contributed by atoms with E-state index in [4.69, 9.17) is 9.47 Å². The molecule has 1 atom stereocenters. The molecule has 31 heavy (non-hydrogen) atoms. The van der Waals surface area contributed by atoms with Crippen molar-refractivity contribution in [2.45, 2.75) is 13.0 Å². The Labute approximate surface area is 182 Å². The molecule has 2 aromatic carbocycles. The van der Waals surface area contributed by atoms with Crippen LogP contribution in [0.2, 0.25) is 0 Å². The number of sulfonamides is 1. The van der Waals surface area contributed by atoms with Gasteiger partial charge in [-0.05, 0) is 30.7 Å². The predicted molar refractivity (Wildman–Crippen MR) is 118 cm³/mol. The summed E-state index contributed by atoms with van der Waals surface area (Å²) in [6.45, 7) is 3.63. The number of rotatable bonds is 6. The van der Waals surface area contributed by atoms with Crippen molar-refractivity contribution in [3.05, 3.63) is 59.5 Å². The van der Waals surface area contributed by atoms with E-state index >= 15 is 0 Å². The first-order valence-electron chi connectivity index (χ1n) is 10.1. The Hall–Kier alpha value is -2.88. The van der Waals surface area contributed by atoms with E-state index in [-0.39, 0.29) is 12.7 Å². The summed E-state index contributed by atoms with van der Waals surface area (Å²) in [5.74, 6) is 1.11. The molecule has 1 N–H and O–H groups in total. The quantitative estimate of drug-likeness (QED) is 0.738. The van der Waals surface area contributed by atoms with Crippen molar-refractivity contribution in [2.75, 3.05) is 38.3 Å². The average Bonchev–Trinajstić information content (AvgIpc) is 3.26. The second kappa shape index (κ2) is 9.09. The molecule has 164 valence electrons. The molecule has 0 bridgehead atoms. The molecule has 0 spiro atoms. The number of piperazine rings is 1. The molecule has 9 heteroatoms. The highest BCUT2D eigenvalue weighted by Crippen LogP contribution is 2.34. The van der Waals surface area contributed by atoms with E-state index in [2.05, 4.69) is 5.32 Å². The highest BCUT2D eigenvalue weighted by molar-refractivity contribution is 7.92. The minimum Gasteiger partial charge on any atom is -0.454 e. The van der Waals surface area contributed by atoms with Gasteiger partial charge < -0.3 is 14.8 Å². The number of anilines is 1. The molecular formula is C22H25N3O5S. The van der Waals surface area contributed by atoms with E-state index < -0.39 is 16.1 Å². The largest absolute Gasteiger partial charge is 0.454 e. The normalized spacial score (nSPS) is 18.2. The van der Waals surface area contributed by atoms with Crippen LogP contribution in [0, 0.1) is 0 Å². The zero-order valence-electron chi connectivity index (χ0n) is 17.2. The molecule has 0 radical (unpaired) electrons. The van der Waals surface area contributed by atoms with Gasteiger partial charge in [0.2, 0.25) is 22.7 Å². The van der Waals surface area contributed by atoms with Gasteiger partial charge in [-0.2, -0.15) is 4.31 Å². The lowest BCUT2D eigenvalue weighted by molar-refractivity contribution is -0.121. The maximum absolute atomic E-state index is 12.7. The first-order chi connectivity index (χ1) is 14.9. The summed E-state index contributed by atoms with van der Waals surface area (Å²) in [6.07, 6.45) is 1.60. The number of amides is 1. The van der Waals surface area contributed by atoms with Crippen molar-refractivity contribution in [1.82, 2.24) is 9.21 Å². The van der Waals surface area contributed by atoms with Crippen molar-refractivity contribution in [3.63, 3.8) is 0 Å².